The first-order chi connectivity index (χ1) is 27.9. The summed E-state index contributed by atoms with van der Waals surface area (Å²) in [6.07, 6.45) is 5.42. The number of methoxy groups -OCH3 is 2. The highest BCUT2D eigenvalue weighted by molar-refractivity contribution is 6.04. The molecule has 4 amide bonds. The van der Waals surface area contributed by atoms with Gasteiger partial charge in [-0.3, -0.25) is 9.59 Å². The van der Waals surface area contributed by atoms with E-state index in [0.717, 1.165) is 70.1 Å². The van der Waals surface area contributed by atoms with Gasteiger partial charge in [-0.15, -0.1) is 0 Å². The third-order valence-corrected chi connectivity index (χ3v) is 11.0. The summed E-state index contributed by atoms with van der Waals surface area (Å²) in [5.74, 6) is 7.28. The van der Waals surface area contributed by atoms with E-state index in [2.05, 4.69) is 42.4 Å². The minimum atomic E-state index is -0.702. The van der Waals surface area contributed by atoms with E-state index < -0.39 is 24.3 Å². The van der Waals surface area contributed by atoms with Gasteiger partial charge in [-0.25, -0.2) is 24.5 Å². The van der Waals surface area contributed by atoms with Crippen LogP contribution in [0, 0.1) is 23.7 Å². The highest BCUT2D eigenvalue weighted by atomic mass is 16.5. The Labute approximate surface area is 336 Å². The van der Waals surface area contributed by atoms with E-state index in [1.54, 1.807) is 17.3 Å². The molecule has 2 saturated heterocycles. The summed E-state index contributed by atoms with van der Waals surface area (Å²) >= 11 is 0. The summed E-state index contributed by atoms with van der Waals surface area (Å²) in [7, 11) is 2.57. The fraction of sp³-hybridized carbons (Fsp3) is 0.419. The molecule has 2 aromatic carbocycles. The lowest BCUT2D eigenvalue weighted by atomic mass is 10.0. The van der Waals surface area contributed by atoms with Crippen LogP contribution >= 0.6 is 0 Å². The maximum atomic E-state index is 13.6. The van der Waals surface area contributed by atoms with Crippen LogP contribution in [0.5, 0.6) is 0 Å². The molecule has 15 nitrogen and oxygen atoms in total. The van der Waals surface area contributed by atoms with Crippen molar-refractivity contribution < 1.29 is 28.7 Å². The maximum Gasteiger partial charge on any atom is 0.407 e. The molecule has 5 aromatic rings. The number of likely N-dealkylation sites (tertiary alicyclic amines) is 2. The highest BCUT2D eigenvalue weighted by Gasteiger charge is 2.39. The Morgan fingerprint density at radius 1 is 0.759 bits per heavy atom. The van der Waals surface area contributed by atoms with Crippen molar-refractivity contribution in [2.45, 2.75) is 77.5 Å². The number of aromatic amines is 2. The average Bonchev–Trinajstić information content (AvgIpc) is 4.06. The fourth-order valence-electron chi connectivity index (χ4n) is 7.87. The molecular formula is C43H49N9O6. The van der Waals surface area contributed by atoms with Crippen molar-refractivity contribution in [1.29, 1.82) is 0 Å². The second-order valence-electron chi connectivity index (χ2n) is 15.5. The minimum absolute atomic E-state index is 0.117. The largest absolute Gasteiger partial charge is 0.453 e. The molecule has 2 aliphatic rings. The van der Waals surface area contributed by atoms with Gasteiger partial charge in [0.25, 0.3) is 0 Å². The van der Waals surface area contributed by atoms with E-state index in [-0.39, 0.29) is 35.7 Å². The molecule has 58 heavy (non-hydrogen) atoms. The van der Waals surface area contributed by atoms with Gasteiger partial charge in [-0.2, -0.15) is 0 Å². The summed E-state index contributed by atoms with van der Waals surface area (Å²) < 4.78 is 9.52. The van der Waals surface area contributed by atoms with Crippen LogP contribution in [-0.2, 0) is 19.1 Å². The van der Waals surface area contributed by atoms with E-state index in [9.17, 15) is 19.2 Å². The smallest absolute Gasteiger partial charge is 0.407 e. The zero-order chi connectivity index (χ0) is 41.1. The van der Waals surface area contributed by atoms with Gasteiger partial charge in [0.1, 0.15) is 29.4 Å². The molecule has 7 rings (SSSR count). The van der Waals surface area contributed by atoms with Gasteiger partial charge in [-0.05, 0) is 79.2 Å². The minimum Gasteiger partial charge on any atom is -0.453 e. The lowest BCUT2D eigenvalue weighted by Gasteiger charge is -2.30. The third-order valence-electron chi connectivity index (χ3n) is 11.0. The van der Waals surface area contributed by atoms with Gasteiger partial charge in [0.2, 0.25) is 11.8 Å². The van der Waals surface area contributed by atoms with Gasteiger partial charge in [0.05, 0.1) is 49.2 Å². The van der Waals surface area contributed by atoms with Crippen LogP contribution in [-0.4, -0.2) is 98.1 Å². The number of fused-ring (bicyclic) bond motifs is 3. The molecule has 0 aliphatic carbocycles. The number of benzene rings is 2. The molecule has 4 atom stereocenters. The molecule has 15 heteroatoms. The lowest BCUT2D eigenvalue weighted by Crippen LogP contribution is -2.51. The monoisotopic (exact) mass is 787 g/mol. The van der Waals surface area contributed by atoms with Crippen molar-refractivity contribution in [2.75, 3.05) is 27.3 Å². The summed E-state index contributed by atoms with van der Waals surface area (Å²) in [6.45, 7) is 8.74. The summed E-state index contributed by atoms with van der Waals surface area (Å²) in [4.78, 5) is 75.7. The van der Waals surface area contributed by atoms with Gasteiger partial charge < -0.3 is 39.9 Å². The predicted octanol–water partition coefficient (Wildman–Crippen LogP) is 5.99. The van der Waals surface area contributed by atoms with Crippen LogP contribution in [0.1, 0.15) is 88.4 Å². The SMILES string of the molecule is COC(=O)N[C@H](C(=O)N1CCC[C@H]1c1ncc(-c2ccc(C#Cc3ccc4c(ccc5nc([C@@H]6CCCN6C(=O)[C@@H](NC(=O)OC)C(C)C)[nH]c54)c3)nc2)[nH]1)C(C)C. The molecule has 0 bridgehead atoms. The number of carbonyl (C=O) groups excluding carboxylic acids is 4. The number of H-pyrrole nitrogens is 2. The number of ether oxygens (including phenoxy) is 2. The van der Waals surface area contributed by atoms with Gasteiger partial charge in [0.15, 0.2) is 0 Å². The summed E-state index contributed by atoms with van der Waals surface area (Å²) in [6, 6.07) is 12.0. The number of carbonyl (C=O) groups is 4. The second kappa shape index (κ2) is 17.0. The first-order valence-corrected chi connectivity index (χ1v) is 19.7. The summed E-state index contributed by atoms with van der Waals surface area (Å²) in [5.41, 5.74) is 4.76. The number of pyridine rings is 1. The number of nitrogens with one attached hydrogen (secondary N) is 4. The predicted molar refractivity (Wildman–Crippen MR) is 217 cm³/mol. The molecule has 0 radical (unpaired) electrons. The van der Waals surface area contributed by atoms with Crippen molar-refractivity contribution in [2.24, 2.45) is 11.8 Å². The van der Waals surface area contributed by atoms with Crippen molar-refractivity contribution in [3.05, 3.63) is 77.8 Å². The van der Waals surface area contributed by atoms with Crippen LogP contribution in [0.2, 0.25) is 0 Å². The lowest BCUT2D eigenvalue weighted by molar-refractivity contribution is -0.136. The maximum absolute atomic E-state index is 13.6. The van der Waals surface area contributed by atoms with Crippen molar-refractivity contribution >= 4 is 45.8 Å². The molecule has 0 saturated carbocycles. The van der Waals surface area contributed by atoms with Crippen molar-refractivity contribution in [3.8, 4) is 23.1 Å². The number of alkyl carbamates (subject to hydrolysis) is 2. The van der Waals surface area contributed by atoms with E-state index in [1.807, 2.05) is 75.1 Å². The molecule has 2 fully saturated rings. The number of aromatic nitrogens is 5. The Morgan fingerprint density at radius 3 is 1.98 bits per heavy atom. The average molecular weight is 788 g/mol. The molecule has 5 heterocycles. The first-order valence-electron chi connectivity index (χ1n) is 19.7. The Hall–Kier alpha value is -6.43. The quantitative estimate of drug-likeness (QED) is 0.130. The van der Waals surface area contributed by atoms with E-state index in [4.69, 9.17) is 14.5 Å². The molecule has 0 spiro atoms. The number of rotatable bonds is 9. The van der Waals surface area contributed by atoms with E-state index >= 15 is 0 Å². The van der Waals surface area contributed by atoms with Gasteiger partial charge in [-0.1, -0.05) is 45.7 Å². The van der Waals surface area contributed by atoms with Crippen molar-refractivity contribution in [3.63, 3.8) is 0 Å². The number of imidazole rings is 2. The van der Waals surface area contributed by atoms with Crippen LogP contribution in [0.3, 0.4) is 0 Å². The molecule has 302 valence electrons. The zero-order valence-electron chi connectivity index (χ0n) is 33.6. The van der Waals surface area contributed by atoms with Crippen LogP contribution in [0.4, 0.5) is 9.59 Å². The second-order valence-corrected chi connectivity index (χ2v) is 15.5. The Kier molecular flexibility index (Phi) is 11.6. The molecule has 3 aromatic heterocycles. The number of nitrogens with zero attached hydrogens (tertiary/aromatic N) is 5. The molecule has 2 aliphatic heterocycles. The molecule has 0 unspecified atom stereocenters. The van der Waals surface area contributed by atoms with E-state index in [1.165, 1.54) is 14.2 Å². The number of hydrogen-bond donors (Lipinski definition) is 4. The standard InChI is InChI=1S/C43H49N9O6/c1-24(2)35(49-42(55)57-5)40(53)51-19-7-9-33(51)38-45-23-32(47-38)28-13-16-29(44-22-28)15-11-26-12-17-30-27(21-26)14-18-31-37(30)48-39(46-31)34-10-8-20-52(34)41(54)36(25(3)4)50-43(56)58-6/h12-14,16-18,21-25,33-36H,7-10,19-20H2,1-6H3,(H,45,47)(H,46,48)(H,49,55)(H,50,56)/t33-,34-,35-,36-/m0/s1. The summed E-state index contributed by atoms with van der Waals surface area (Å²) in [5, 5.41) is 7.38. The van der Waals surface area contributed by atoms with Gasteiger partial charge >= 0.3 is 12.2 Å². The topological polar surface area (TPSA) is 188 Å². The number of hydrogen-bond acceptors (Lipinski definition) is 9. The Bertz CT molecular complexity index is 2390. The molecular weight excluding hydrogens is 739 g/mol. The third kappa shape index (κ3) is 8.18. The molecule has 4 N–H and O–H groups in total. The van der Waals surface area contributed by atoms with Gasteiger partial charge in [0, 0.05) is 35.8 Å². The highest BCUT2D eigenvalue weighted by Crippen LogP contribution is 2.35. The number of amides is 4. The van der Waals surface area contributed by atoms with Crippen LogP contribution in [0.15, 0.2) is 54.9 Å². The Balaban J connectivity index is 1.04. The zero-order valence-corrected chi connectivity index (χ0v) is 33.6. The van der Waals surface area contributed by atoms with Crippen molar-refractivity contribution in [1.82, 2.24) is 45.4 Å². The first kappa shape index (κ1) is 39.8. The van der Waals surface area contributed by atoms with Crippen LogP contribution < -0.4 is 10.6 Å². The van der Waals surface area contributed by atoms with E-state index in [0.29, 0.717) is 24.6 Å². The fourth-order valence-corrected chi connectivity index (χ4v) is 7.87. The Morgan fingerprint density at radius 2 is 1.40 bits per heavy atom. The normalized spacial score (nSPS) is 17.7. The van der Waals surface area contributed by atoms with Crippen LogP contribution in [0.25, 0.3) is 33.1 Å².